The van der Waals surface area contributed by atoms with Gasteiger partial charge in [-0.1, -0.05) is 26.7 Å². The van der Waals surface area contributed by atoms with E-state index >= 15 is 0 Å². The standard InChI is InChI=1S/C13H24N2S/c1-11-5-3-6-13(12(11)2)15-8-4-9-16-10-7-14/h11-13,15H,3-6,8-10H2,1-2H3. The molecule has 0 aliphatic heterocycles. The van der Waals surface area contributed by atoms with Crippen LogP contribution < -0.4 is 5.32 Å². The topological polar surface area (TPSA) is 35.8 Å². The third kappa shape index (κ3) is 4.76. The molecule has 92 valence electrons. The third-order valence-corrected chi connectivity index (χ3v) is 4.66. The molecule has 1 saturated carbocycles. The predicted octanol–water partition coefficient (Wildman–Crippen LogP) is 3.05. The van der Waals surface area contributed by atoms with E-state index < -0.39 is 0 Å². The van der Waals surface area contributed by atoms with Gasteiger partial charge in [-0.2, -0.15) is 5.26 Å². The minimum Gasteiger partial charge on any atom is -0.314 e. The van der Waals surface area contributed by atoms with Crippen LogP contribution in [0, 0.1) is 23.2 Å². The number of rotatable bonds is 6. The molecule has 0 radical (unpaired) electrons. The Labute approximate surface area is 104 Å². The van der Waals surface area contributed by atoms with Crippen molar-refractivity contribution in [2.75, 3.05) is 18.1 Å². The van der Waals surface area contributed by atoms with Gasteiger partial charge in [0.05, 0.1) is 11.8 Å². The number of nitrogens with one attached hydrogen (secondary N) is 1. The smallest absolute Gasteiger partial charge is 0.0808 e. The first-order valence-corrected chi connectivity index (χ1v) is 7.59. The molecule has 0 heterocycles. The van der Waals surface area contributed by atoms with Crippen LogP contribution in [0.4, 0.5) is 0 Å². The lowest BCUT2D eigenvalue weighted by molar-refractivity contribution is 0.207. The molecule has 0 saturated heterocycles. The molecule has 0 amide bonds. The number of hydrogen-bond donors (Lipinski definition) is 1. The molecule has 1 N–H and O–H groups in total. The lowest BCUT2D eigenvalue weighted by atomic mass is 9.78. The molecule has 3 heteroatoms. The lowest BCUT2D eigenvalue weighted by Gasteiger charge is -2.34. The highest BCUT2D eigenvalue weighted by Gasteiger charge is 2.25. The molecule has 1 fully saturated rings. The monoisotopic (exact) mass is 240 g/mol. The van der Waals surface area contributed by atoms with Crippen LogP contribution in [-0.2, 0) is 0 Å². The molecule has 0 spiro atoms. The Morgan fingerprint density at radius 1 is 1.38 bits per heavy atom. The summed E-state index contributed by atoms with van der Waals surface area (Å²) in [5, 5.41) is 12.1. The Balaban J connectivity index is 2.06. The molecule has 16 heavy (non-hydrogen) atoms. The average Bonchev–Trinajstić information content (AvgIpc) is 2.29. The van der Waals surface area contributed by atoms with Gasteiger partial charge in [0, 0.05) is 6.04 Å². The first kappa shape index (κ1) is 13.9. The zero-order valence-electron chi connectivity index (χ0n) is 10.5. The molecule has 0 aromatic heterocycles. The highest BCUT2D eigenvalue weighted by Crippen LogP contribution is 2.29. The van der Waals surface area contributed by atoms with Crippen LogP contribution in [0.3, 0.4) is 0 Å². The van der Waals surface area contributed by atoms with E-state index in [4.69, 9.17) is 5.26 Å². The quantitative estimate of drug-likeness (QED) is 0.725. The summed E-state index contributed by atoms with van der Waals surface area (Å²) in [6.07, 6.45) is 5.31. The summed E-state index contributed by atoms with van der Waals surface area (Å²) >= 11 is 1.74. The Bertz CT molecular complexity index is 224. The molecule has 1 rings (SSSR count). The van der Waals surface area contributed by atoms with E-state index in [9.17, 15) is 0 Å². The lowest BCUT2D eigenvalue weighted by Crippen LogP contribution is -2.41. The maximum atomic E-state index is 8.40. The van der Waals surface area contributed by atoms with Crippen LogP contribution in [0.15, 0.2) is 0 Å². The van der Waals surface area contributed by atoms with Gasteiger partial charge in [0.2, 0.25) is 0 Å². The van der Waals surface area contributed by atoms with Crippen LogP contribution in [0.25, 0.3) is 0 Å². The minimum absolute atomic E-state index is 0.636. The normalized spacial score (nSPS) is 29.9. The molecule has 0 bridgehead atoms. The summed E-state index contributed by atoms with van der Waals surface area (Å²) in [6.45, 7) is 5.87. The van der Waals surface area contributed by atoms with Gasteiger partial charge in [0.25, 0.3) is 0 Å². The SMILES string of the molecule is CC1CCCC(NCCCSCC#N)C1C. The largest absolute Gasteiger partial charge is 0.314 e. The van der Waals surface area contributed by atoms with E-state index in [2.05, 4.69) is 25.2 Å². The van der Waals surface area contributed by atoms with Gasteiger partial charge >= 0.3 is 0 Å². The van der Waals surface area contributed by atoms with E-state index in [0.717, 1.165) is 30.2 Å². The van der Waals surface area contributed by atoms with Crippen molar-refractivity contribution < 1.29 is 0 Å². The fraction of sp³-hybridized carbons (Fsp3) is 0.923. The summed E-state index contributed by atoms with van der Waals surface area (Å²) < 4.78 is 0. The first-order chi connectivity index (χ1) is 7.75. The van der Waals surface area contributed by atoms with Gasteiger partial charge in [-0.05, 0) is 37.0 Å². The second kappa shape index (κ2) is 7.97. The van der Waals surface area contributed by atoms with Crippen molar-refractivity contribution >= 4 is 11.8 Å². The maximum absolute atomic E-state index is 8.40. The molecule has 2 nitrogen and oxygen atoms in total. The van der Waals surface area contributed by atoms with Crippen LogP contribution in [0.5, 0.6) is 0 Å². The van der Waals surface area contributed by atoms with Gasteiger partial charge < -0.3 is 5.32 Å². The zero-order chi connectivity index (χ0) is 11.8. The van der Waals surface area contributed by atoms with Gasteiger partial charge in [-0.25, -0.2) is 0 Å². The predicted molar refractivity (Wildman–Crippen MR) is 71.5 cm³/mol. The van der Waals surface area contributed by atoms with Crippen LogP contribution in [0.2, 0.25) is 0 Å². The Kier molecular flexibility index (Phi) is 6.91. The summed E-state index contributed by atoms with van der Waals surface area (Å²) in [7, 11) is 0. The average molecular weight is 240 g/mol. The van der Waals surface area contributed by atoms with Crippen molar-refractivity contribution in [1.29, 1.82) is 5.26 Å². The first-order valence-electron chi connectivity index (χ1n) is 6.43. The summed E-state index contributed by atoms with van der Waals surface area (Å²) in [4.78, 5) is 0. The molecular weight excluding hydrogens is 216 g/mol. The van der Waals surface area contributed by atoms with Gasteiger partial charge in [-0.3, -0.25) is 0 Å². The second-order valence-electron chi connectivity index (χ2n) is 4.89. The van der Waals surface area contributed by atoms with E-state index in [1.165, 1.54) is 25.7 Å². The molecule has 0 aromatic rings. The van der Waals surface area contributed by atoms with Crippen molar-refractivity contribution in [3.63, 3.8) is 0 Å². The summed E-state index contributed by atoms with van der Waals surface area (Å²) in [5.74, 6) is 3.44. The molecular formula is C13H24N2S. The molecule has 3 atom stereocenters. The number of nitriles is 1. The summed E-state index contributed by atoms with van der Waals surface area (Å²) in [6, 6.07) is 2.89. The molecule has 3 unspecified atom stereocenters. The van der Waals surface area contributed by atoms with E-state index in [1.807, 2.05) is 0 Å². The van der Waals surface area contributed by atoms with Gasteiger partial charge in [0.1, 0.15) is 0 Å². The highest BCUT2D eigenvalue weighted by molar-refractivity contribution is 7.99. The fourth-order valence-electron chi connectivity index (χ4n) is 2.45. The van der Waals surface area contributed by atoms with Crippen molar-refractivity contribution in [1.82, 2.24) is 5.32 Å². The van der Waals surface area contributed by atoms with Crippen LogP contribution >= 0.6 is 11.8 Å². The molecule has 1 aliphatic carbocycles. The number of nitrogens with zero attached hydrogens (tertiary/aromatic N) is 1. The Hall–Kier alpha value is -0.200. The number of hydrogen-bond acceptors (Lipinski definition) is 3. The van der Waals surface area contributed by atoms with E-state index in [1.54, 1.807) is 11.8 Å². The van der Waals surface area contributed by atoms with Gasteiger partial charge in [0.15, 0.2) is 0 Å². The third-order valence-electron chi connectivity index (χ3n) is 3.75. The van der Waals surface area contributed by atoms with Crippen molar-refractivity contribution in [2.24, 2.45) is 11.8 Å². The van der Waals surface area contributed by atoms with Crippen molar-refractivity contribution in [3.05, 3.63) is 0 Å². The van der Waals surface area contributed by atoms with Crippen LogP contribution in [-0.4, -0.2) is 24.1 Å². The summed E-state index contributed by atoms with van der Waals surface area (Å²) in [5.41, 5.74) is 0. The molecule has 0 aromatic carbocycles. The van der Waals surface area contributed by atoms with Gasteiger partial charge in [-0.15, -0.1) is 11.8 Å². The maximum Gasteiger partial charge on any atom is 0.0808 e. The molecule has 1 aliphatic rings. The van der Waals surface area contributed by atoms with E-state index in [0.29, 0.717) is 5.75 Å². The zero-order valence-corrected chi connectivity index (χ0v) is 11.4. The second-order valence-corrected chi connectivity index (χ2v) is 6.00. The number of thioether (sulfide) groups is 1. The van der Waals surface area contributed by atoms with Crippen molar-refractivity contribution in [2.45, 2.75) is 45.6 Å². The highest BCUT2D eigenvalue weighted by atomic mass is 32.2. The Morgan fingerprint density at radius 3 is 2.94 bits per heavy atom. The van der Waals surface area contributed by atoms with Crippen molar-refractivity contribution in [3.8, 4) is 6.07 Å². The fourth-order valence-corrected chi connectivity index (χ4v) is 3.03. The minimum atomic E-state index is 0.636. The Morgan fingerprint density at radius 2 is 2.19 bits per heavy atom. The van der Waals surface area contributed by atoms with Crippen LogP contribution in [0.1, 0.15) is 39.5 Å². The van der Waals surface area contributed by atoms with E-state index in [-0.39, 0.29) is 0 Å².